The lowest BCUT2D eigenvalue weighted by Crippen LogP contribution is -1.86. The van der Waals surface area contributed by atoms with Gasteiger partial charge >= 0.3 is 0 Å². The number of carbonyl (C=O) groups is 1. The second kappa shape index (κ2) is 6.71. The first-order valence-corrected chi connectivity index (χ1v) is 6.69. The first kappa shape index (κ1) is 14.1. The minimum absolute atomic E-state index is 0.0892. The van der Waals surface area contributed by atoms with Crippen molar-refractivity contribution in [2.24, 2.45) is 0 Å². The summed E-state index contributed by atoms with van der Waals surface area (Å²) in [6, 6.07) is 3.31. The van der Waals surface area contributed by atoms with Gasteiger partial charge in [-0.05, 0) is 17.7 Å². The number of phenols is 1. The van der Waals surface area contributed by atoms with Crippen molar-refractivity contribution in [2.75, 3.05) is 12.9 Å². The highest BCUT2D eigenvalue weighted by Gasteiger charge is 2.05. The predicted molar refractivity (Wildman–Crippen MR) is 74.5 cm³/mol. The van der Waals surface area contributed by atoms with Crippen molar-refractivity contribution in [1.29, 1.82) is 0 Å². The van der Waals surface area contributed by atoms with Crippen LogP contribution in [0.15, 0.2) is 22.7 Å². The SMILES string of the molecule is COc1cc(Br)c(C=CCSC(C)=O)cc1O. The number of thioether (sulfide) groups is 1. The number of carbonyl (C=O) groups excluding carboxylic acids is 1. The molecular formula is C12H13BrO3S. The third kappa shape index (κ3) is 4.44. The predicted octanol–water partition coefficient (Wildman–Crippen LogP) is 3.46. The molecule has 1 aromatic carbocycles. The van der Waals surface area contributed by atoms with Gasteiger partial charge in [-0.25, -0.2) is 0 Å². The lowest BCUT2D eigenvalue weighted by atomic mass is 10.2. The van der Waals surface area contributed by atoms with Gasteiger partial charge in [-0.1, -0.05) is 39.8 Å². The summed E-state index contributed by atoms with van der Waals surface area (Å²) in [6.07, 6.45) is 3.72. The molecule has 1 N–H and O–H groups in total. The highest BCUT2D eigenvalue weighted by atomic mass is 79.9. The summed E-state index contributed by atoms with van der Waals surface area (Å²) in [6.45, 7) is 1.54. The van der Waals surface area contributed by atoms with Gasteiger partial charge in [0.2, 0.25) is 0 Å². The Hall–Kier alpha value is -0.940. The maximum atomic E-state index is 10.7. The Morgan fingerprint density at radius 3 is 2.88 bits per heavy atom. The van der Waals surface area contributed by atoms with Crippen LogP contribution in [-0.4, -0.2) is 23.1 Å². The fraction of sp³-hybridized carbons (Fsp3) is 0.250. The first-order valence-electron chi connectivity index (χ1n) is 4.91. The van der Waals surface area contributed by atoms with Crippen LogP contribution in [0.25, 0.3) is 6.08 Å². The van der Waals surface area contributed by atoms with E-state index in [1.54, 1.807) is 12.1 Å². The van der Waals surface area contributed by atoms with E-state index in [0.29, 0.717) is 11.5 Å². The normalized spacial score (nSPS) is 10.8. The largest absolute Gasteiger partial charge is 0.504 e. The zero-order valence-corrected chi connectivity index (χ0v) is 12.0. The Labute approximate surface area is 113 Å². The molecular weight excluding hydrogens is 304 g/mol. The maximum absolute atomic E-state index is 10.7. The smallest absolute Gasteiger partial charge is 0.186 e. The summed E-state index contributed by atoms with van der Waals surface area (Å²) in [5, 5.41) is 9.71. The van der Waals surface area contributed by atoms with Crippen molar-refractivity contribution in [3.63, 3.8) is 0 Å². The highest BCUT2D eigenvalue weighted by Crippen LogP contribution is 2.32. The molecule has 0 unspecified atom stereocenters. The van der Waals surface area contributed by atoms with Crippen LogP contribution in [0.1, 0.15) is 12.5 Å². The molecule has 17 heavy (non-hydrogen) atoms. The molecule has 0 heterocycles. The number of halogens is 1. The number of benzene rings is 1. The summed E-state index contributed by atoms with van der Waals surface area (Å²) in [4.78, 5) is 10.7. The van der Waals surface area contributed by atoms with Crippen LogP contribution in [0.5, 0.6) is 11.5 Å². The summed E-state index contributed by atoms with van der Waals surface area (Å²) < 4.78 is 5.81. The van der Waals surface area contributed by atoms with Gasteiger partial charge in [-0.2, -0.15) is 0 Å². The molecule has 0 aliphatic heterocycles. The van der Waals surface area contributed by atoms with Crippen LogP contribution in [-0.2, 0) is 4.79 Å². The summed E-state index contributed by atoms with van der Waals surface area (Å²) in [7, 11) is 1.50. The molecule has 0 saturated carbocycles. The Balaban J connectivity index is 2.78. The van der Waals surface area contributed by atoms with Crippen molar-refractivity contribution in [2.45, 2.75) is 6.92 Å². The van der Waals surface area contributed by atoms with Crippen LogP contribution in [0.4, 0.5) is 0 Å². The zero-order valence-electron chi connectivity index (χ0n) is 9.57. The molecule has 0 aliphatic carbocycles. The molecule has 1 aromatic rings. The van der Waals surface area contributed by atoms with Crippen LogP contribution in [0.2, 0.25) is 0 Å². The molecule has 3 nitrogen and oxygen atoms in total. The maximum Gasteiger partial charge on any atom is 0.186 e. The Kier molecular flexibility index (Phi) is 5.58. The number of aromatic hydroxyl groups is 1. The van der Waals surface area contributed by atoms with Crippen molar-refractivity contribution in [3.05, 3.63) is 28.2 Å². The second-order valence-electron chi connectivity index (χ2n) is 3.25. The van der Waals surface area contributed by atoms with Crippen molar-refractivity contribution >= 4 is 38.9 Å². The molecule has 0 saturated heterocycles. The Morgan fingerprint density at radius 1 is 1.59 bits per heavy atom. The van der Waals surface area contributed by atoms with Gasteiger partial charge in [-0.15, -0.1) is 0 Å². The van der Waals surface area contributed by atoms with Crippen molar-refractivity contribution < 1.29 is 14.6 Å². The van der Waals surface area contributed by atoms with Gasteiger partial charge in [-0.3, -0.25) is 4.79 Å². The van der Waals surface area contributed by atoms with E-state index >= 15 is 0 Å². The number of hydrogen-bond acceptors (Lipinski definition) is 4. The van der Waals surface area contributed by atoms with Crippen molar-refractivity contribution in [1.82, 2.24) is 0 Å². The monoisotopic (exact) mass is 316 g/mol. The molecule has 0 aromatic heterocycles. The van der Waals surface area contributed by atoms with Crippen LogP contribution in [0, 0.1) is 0 Å². The van der Waals surface area contributed by atoms with E-state index in [-0.39, 0.29) is 10.9 Å². The number of hydrogen-bond donors (Lipinski definition) is 1. The zero-order chi connectivity index (χ0) is 12.8. The average molecular weight is 317 g/mol. The van der Waals surface area contributed by atoms with E-state index in [1.165, 1.54) is 25.8 Å². The molecule has 0 spiro atoms. The molecule has 5 heteroatoms. The first-order chi connectivity index (χ1) is 8.04. The number of ether oxygens (including phenoxy) is 1. The quantitative estimate of drug-likeness (QED) is 0.924. The van der Waals surface area contributed by atoms with Crippen LogP contribution < -0.4 is 4.74 Å². The molecule has 0 fully saturated rings. The standard InChI is InChI=1S/C12H13BrO3S/c1-8(14)17-5-3-4-9-6-11(15)12(16-2)7-10(9)13/h3-4,6-7,15H,5H2,1-2H3. The van der Waals surface area contributed by atoms with E-state index < -0.39 is 0 Å². The van der Waals surface area contributed by atoms with Gasteiger partial charge in [0.05, 0.1) is 7.11 Å². The Morgan fingerprint density at radius 2 is 2.29 bits per heavy atom. The topological polar surface area (TPSA) is 46.5 Å². The van der Waals surface area contributed by atoms with Gasteiger partial charge in [0.25, 0.3) is 0 Å². The lowest BCUT2D eigenvalue weighted by Gasteiger charge is -2.06. The summed E-state index contributed by atoms with van der Waals surface area (Å²) in [5.41, 5.74) is 0.840. The number of rotatable bonds is 4. The van der Waals surface area contributed by atoms with Gasteiger partial charge < -0.3 is 9.84 Å². The highest BCUT2D eigenvalue weighted by molar-refractivity contribution is 9.10. The Bertz CT molecular complexity index is 444. The third-order valence-electron chi connectivity index (χ3n) is 1.98. The number of phenolic OH excluding ortho intramolecular Hbond substituents is 1. The fourth-order valence-corrected chi connectivity index (χ4v) is 2.07. The van der Waals surface area contributed by atoms with Gasteiger partial charge in [0.1, 0.15) is 0 Å². The molecule has 0 radical (unpaired) electrons. The van der Waals surface area contributed by atoms with E-state index in [4.69, 9.17) is 4.74 Å². The number of methoxy groups -OCH3 is 1. The van der Waals surface area contributed by atoms with Gasteiger partial charge in [0, 0.05) is 17.1 Å². The van der Waals surface area contributed by atoms with E-state index in [9.17, 15) is 9.90 Å². The van der Waals surface area contributed by atoms with Crippen LogP contribution >= 0.6 is 27.7 Å². The molecule has 0 atom stereocenters. The molecule has 0 bridgehead atoms. The second-order valence-corrected chi connectivity index (χ2v) is 5.30. The molecule has 0 aliphatic rings. The van der Waals surface area contributed by atoms with Gasteiger partial charge in [0.15, 0.2) is 16.6 Å². The lowest BCUT2D eigenvalue weighted by molar-refractivity contribution is -0.109. The van der Waals surface area contributed by atoms with Crippen molar-refractivity contribution in [3.8, 4) is 11.5 Å². The van der Waals surface area contributed by atoms with E-state index in [2.05, 4.69) is 15.9 Å². The van der Waals surface area contributed by atoms with E-state index in [1.807, 2.05) is 12.2 Å². The third-order valence-corrected chi connectivity index (χ3v) is 3.43. The molecule has 92 valence electrons. The minimum atomic E-state index is 0.0892. The molecule has 1 rings (SSSR count). The minimum Gasteiger partial charge on any atom is -0.504 e. The van der Waals surface area contributed by atoms with Crippen LogP contribution in [0.3, 0.4) is 0 Å². The fourth-order valence-electron chi connectivity index (χ4n) is 1.19. The summed E-state index contributed by atoms with van der Waals surface area (Å²) >= 11 is 4.63. The average Bonchev–Trinajstić information content (AvgIpc) is 2.28. The molecule has 0 amide bonds. The van der Waals surface area contributed by atoms with E-state index in [0.717, 1.165) is 10.0 Å². The summed E-state index contributed by atoms with van der Waals surface area (Å²) in [5.74, 6) is 1.14.